The molecule has 0 atom stereocenters. The van der Waals surface area contributed by atoms with Gasteiger partial charge in [0.05, 0.1) is 11.8 Å². The summed E-state index contributed by atoms with van der Waals surface area (Å²) >= 11 is 5.71. The Labute approximate surface area is 84.1 Å². The van der Waals surface area contributed by atoms with Gasteiger partial charge in [-0.2, -0.15) is 0 Å². The summed E-state index contributed by atoms with van der Waals surface area (Å²) < 4.78 is 4.90. The molecule has 0 saturated heterocycles. The van der Waals surface area contributed by atoms with E-state index in [2.05, 4.69) is 5.16 Å². The van der Waals surface area contributed by atoms with Crippen LogP contribution >= 0.6 is 11.6 Å². The number of hydrogen-bond donors (Lipinski definition) is 1. The summed E-state index contributed by atoms with van der Waals surface area (Å²) in [5.74, 6) is -0.880. The Bertz CT molecular complexity index is 492. The van der Waals surface area contributed by atoms with Crippen LogP contribution in [-0.4, -0.2) is 16.2 Å². The van der Waals surface area contributed by atoms with Crippen molar-refractivity contribution < 1.29 is 14.4 Å². The van der Waals surface area contributed by atoms with Crippen molar-refractivity contribution in [3.8, 4) is 0 Å². The Morgan fingerprint density at radius 1 is 1.57 bits per heavy atom. The number of aromatic nitrogens is 1. The Morgan fingerprint density at radius 2 is 2.36 bits per heavy atom. The van der Waals surface area contributed by atoms with Crippen molar-refractivity contribution in [2.24, 2.45) is 0 Å². The van der Waals surface area contributed by atoms with Gasteiger partial charge in [0, 0.05) is 0 Å². The minimum absolute atomic E-state index is 0.0335. The molecule has 0 aliphatic carbocycles. The second-order valence-corrected chi connectivity index (χ2v) is 3.23. The lowest BCUT2D eigenvalue weighted by molar-refractivity contribution is -0.136. The number of carboxylic acid groups (broad SMARTS) is 1. The first kappa shape index (κ1) is 9.02. The van der Waals surface area contributed by atoms with Gasteiger partial charge in [0.25, 0.3) is 0 Å². The van der Waals surface area contributed by atoms with Crippen LogP contribution in [0.5, 0.6) is 0 Å². The maximum absolute atomic E-state index is 10.4. The van der Waals surface area contributed by atoms with Gasteiger partial charge in [-0.25, -0.2) is 0 Å². The van der Waals surface area contributed by atoms with Crippen LogP contribution in [0.4, 0.5) is 0 Å². The van der Waals surface area contributed by atoms with E-state index in [1.807, 2.05) is 0 Å². The summed E-state index contributed by atoms with van der Waals surface area (Å²) in [6.45, 7) is 0. The fourth-order valence-electron chi connectivity index (χ4n) is 1.24. The van der Waals surface area contributed by atoms with Gasteiger partial charge in [0.15, 0.2) is 10.7 Å². The number of carboxylic acids is 1. The topological polar surface area (TPSA) is 63.3 Å². The van der Waals surface area contributed by atoms with Crippen LogP contribution in [0, 0.1) is 0 Å². The second kappa shape index (κ2) is 3.31. The van der Waals surface area contributed by atoms with Crippen molar-refractivity contribution in [1.29, 1.82) is 0 Å². The zero-order valence-electron chi connectivity index (χ0n) is 7.03. The van der Waals surface area contributed by atoms with Crippen molar-refractivity contribution in [2.75, 3.05) is 0 Å². The molecular formula is C9H6ClNO3. The normalized spacial score (nSPS) is 10.6. The van der Waals surface area contributed by atoms with Crippen LogP contribution in [0.2, 0.25) is 5.15 Å². The Hall–Kier alpha value is -1.55. The van der Waals surface area contributed by atoms with Crippen molar-refractivity contribution in [1.82, 2.24) is 5.16 Å². The monoisotopic (exact) mass is 211 g/mol. The van der Waals surface area contributed by atoms with E-state index in [0.29, 0.717) is 21.7 Å². The van der Waals surface area contributed by atoms with Crippen molar-refractivity contribution >= 4 is 28.5 Å². The molecule has 72 valence electrons. The number of aliphatic carboxylic acids is 1. The highest BCUT2D eigenvalue weighted by Gasteiger charge is 2.07. The first-order valence-corrected chi connectivity index (χ1v) is 4.30. The number of benzene rings is 1. The summed E-state index contributed by atoms with van der Waals surface area (Å²) in [5.41, 5.74) is 1.17. The summed E-state index contributed by atoms with van der Waals surface area (Å²) in [7, 11) is 0. The number of rotatable bonds is 2. The zero-order valence-corrected chi connectivity index (χ0v) is 7.78. The molecule has 0 fully saturated rings. The number of hydrogen-bond acceptors (Lipinski definition) is 3. The van der Waals surface area contributed by atoms with Crippen molar-refractivity contribution in [3.63, 3.8) is 0 Å². The van der Waals surface area contributed by atoms with Crippen molar-refractivity contribution in [3.05, 3.63) is 28.9 Å². The van der Waals surface area contributed by atoms with Gasteiger partial charge in [-0.05, 0) is 17.7 Å². The molecule has 2 aromatic rings. The average Bonchev–Trinajstić information content (AvgIpc) is 2.46. The third kappa shape index (κ3) is 1.56. The number of fused-ring (bicyclic) bond motifs is 1. The molecule has 0 unspecified atom stereocenters. The molecular weight excluding hydrogens is 206 g/mol. The van der Waals surface area contributed by atoms with E-state index in [1.54, 1.807) is 18.2 Å². The molecule has 0 saturated carbocycles. The predicted octanol–water partition coefficient (Wildman–Crippen LogP) is 2.11. The molecule has 1 aromatic heterocycles. The Morgan fingerprint density at radius 3 is 3.07 bits per heavy atom. The van der Waals surface area contributed by atoms with Gasteiger partial charge in [-0.1, -0.05) is 22.8 Å². The first-order chi connectivity index (χ1) is 6.66. The molecule has 0 amide bonds. The summed E-state index contributed by atoms with van der Waals surface area (Å²) in [6.07, 6.45) is -0.0335. The van der Waals surface area contributed by atoms with Crippen LogP contribution in [0.1, 0.15) is 5.56 Å². The van der Waals surface area contributed by atoms with Crippen LogP contribution in [-0.2, 0) is 11.2 Å². The number of nitrogens with zero attached hydrogens (tertiary/aromatic N) is 1. The summed E-state index contributed by atoms with van der Waals surface area (Å²) in [5, 5.41) is 13.1. The Balaban J connectivity index is 2.46. The van der Waals surface area contributed by atoms with Gasteiger partial charge in [0.2, 0.25) is 0 Å². The van der Waals surface area contributed by atoms with Crippen LogP contribution in [0.25, 0.3) is 11.0 Å². The largest absolute Gasteiger partial charge is 0.481 e. The van der Waals surface area contributed by atoms with E-state index in [4.69, 9.17) is 21.2 Å². The fraction of sp³-hybridized carbons (Fsp3) is 0.111. The van der Waals surface area contributed by atoms with Gasteiger partial charge in [-0.15, -0.1) is 0 Å². The summed E-state index contributed by atoms with van der Waals surface area (Å²) in [6, 6.07) is 5.02. The number of halogens is 1. The third-order valence-corrected chi connectivity index (χ3v) is 2.12. The van der Waals surface area contributed by atoms with Gasteiger partial charge in [-0.3, -0.25) is 4.79 Å². The van der Waals surface area contributed by atoms with Gasteiger partial charge < -0.3 is 9.63 Å². The maximum atomic E-state index is 10.4. The average molecular weight is 212 g/mol. The molecule has 0 bridgehead atoms. The van der Waals surface area contributed by atoms with E-state index >= 15 is 0 Å². The molecule has 2 rings (SSSR count). The molecule has 4 nitrogen and oxygen atoms in total. The Kier molecular flexibility index (Phi) is 2.13. The standard InChI is InChI=1S/C9H6ClNO3/c10-9-6-2-1-5(4-8(12)13)3-7(6)14-11-9/h1-3H,4H2,(H,12,13). The minimum atomic E-state index is -0.880. The molecule has 0 spiro atoms. The highest BCUT2D eigenvalue weighted by atomic mass is 35.5. The van der Waals surface area contributed by atoms with Gasteiger partial charge >= 0.3 is 5.97 Å². The SMILES string of the molecule is O=C(O)Cc1ccc2c(Cl)noc2c1. The summed E-state index contributed by atoms with van der Waals surface area (Å²) in [4.78, 5) is 10.4. The predicted molar refractivity (Wildman–Crippen MR) is 50.4 cm³/mol. The zero-order chi connectivity index (χ0) is 10.1. The smallest absolute Gasteiger partial charge is 0.307 e. The molecule has 5 heteroatoms. The maximum Gasteiger partial charge on any atom is 0.307 e. The van der Waals surface area contributed by atoms with E-state index in [9.17, 15) is 4.79 Å². The third-order valence-electron chi connectivity index (χ3n) is 1.85. The van der Waals surface area contributed by atoms with E-state index in [-0.39, 0.29) is 6.42 Å². The quantitative estimate of drug-likeness (QED) is 0.826. The lowest BCUT2D eigenvalue weighted by Gasteiger charge is -1.94. The molecule has 0 aliphatic rings. The van der Waals surface area contributed by atoms with Crippen LogP contribution in [0.15, 0.2) is 22.7 Å². The lowest BCUT2D eigenvalue weighted by atomic mass is 10.1. The van der Waals surface area contributed by atoms with E-state index in [1.165, 1.54) is 0 Å². The second-order valence-electron chi connectivity index (χ2n) is 2.87. The first-order valence-electron chi connectivity index (χ1n) is 3.92. The molecule has 14 heavy (non-hydrogen) atoms. The van der Waals surface area contributed by atoms with Gasteiger partial charge in [0.1, 0.15) is 0 Å². The van der Waals surface area contributed by atoms with Crippen LogP contribution < -0.4 is 0 Å². The van der Waals surface area contributed by atoms with E-state index in [0.717, 1.165) is 0 Å². The van der Waals surface area contributed by atoms with Crippen molar-refractivity contribution in [2.45, 2.75) is 6.42 Å². The number of carbonyl (C=O) groups is 1. The fourth-order valence-corrected chi connectivity index (χ4v) is 1.43. The molecule has 1 heterocycles. The molecule has 1 N–H and O–H groups in total. The molecule has 1 aromatic carbocycles. The minimum Gasteiger partial charge on any atom is -0.481 e. The highest BCUT2D eigenvalue weighted by Crippen LogP contribution is 2.23. The van der Waals surface area contributed by atoms with Crippen LogP contribution in [0.3, 0.4) is 0 Å². The highest BCUT2D eigenvalue weighted by molar-refractivity contribution is 6.34. The molecule has 0 radical (unpaired) electrons. The van der Waals surface area contributed by atoms with E-state index < -0.39 is 5.97 Å². The lowest BCUT2D eigenvalue weighted by Crippen LogP contribution is -1.99. The molecule has 0 aliphatic heterocycles.